The van der Waals surface area contributed by atoms with Crippen molar-refractivity contribution in [3.05, 3.63) is 83.0 Å². The number of allylic oxidation sites excluding steroid dienone is 1. The molecule has 0 radical (unpaired) electrons. The van der Waals surface area contributed by atoms with E-state index >= 15 is 0 Å². The molecule has 1 saturated heterocycles. The summed E-state index contributed by atoms with van der Waals surface area (Å²) >= 11 is 6.25. The molecule has 0 saturated carbocycles. The van der Waals surface area contributed by atoms with Crippen molar-refractivity contribution in [3.8, 4) is 0 Å². The molecule has 28 heavy (non-hydrogen) atoms. The van der Waals surface area contributed by atoms with Crippen LogP contribution in [0.4, 0.5) is 5.69 Å². The van der Waals surface area contributed by atoms with E-state index in [1.165, 1.54) is 5.56 Å². The first-order chi connectivity index (χ1) is 13.5. The molecule has 3 rings (SSSR count). The Morgan fingerprint density at radius 3 is 2.61 bits per heavy atom. The van der Waals surface area contributed by atoms with E-state index in [1.807, 2.05) is 24.3 Å². The maximum atomic E-state index is 6.25. The van der Waals surface area contributed by atoms with E-state index in [2.05, 4.69) is 48.9 Å². The maximum absolute atomic E-state index is 6.25. The predicted molar refractivity (Wildman–Crippen MR) is 120 cm³/mol. The summed E-state index contributed by atoms with van der Waals surface area (Å²) in [5.74, 6) is 0.667. The molecule has 2 aromatic carbocycles. The Morgan fingerprint density at radius 1 is 1.14 bits per heavy atom. The van der Waals surface area contributed by atoms with Crippen molar-refractivity contribution in [2.45, 2.75) is 26.2 Å². The Balaban J connectivity index is 1.56. The van der Waals surface area contributed by atoms with E-state index in [1.54, 1.807) is 0 Å². The number of rotatable bonds is 8. The highest BCUT2D eigenvalue weighted by molar-refractivity contribution is 6.31. The van der Waals surface area contributed by atoms with Crippen LogP contribution < -0.4 is 10.6 Å². The Bertz CT molecular complexity index is 840. The number of anilines is 1. The minimum Gasteiger partial charge on any atom is -0.385 e. The lowest BCUT2D eigenvalue weighted by Gasteiger charge is -2.23. The molecule has 0 bridgehead atoms. The lowest BCUT2D eigenvalue weighted by Crippen LogP contribution is -2.26. The van der Waals surface area contributed by atoms with E-state index in [-0.39, 0.29) is 0 Å². The van der Waals surface area contributed by atoms with Crippen molar-refractivity contribution in [2.75, 3.05) is 25.1 Å². The van der Waals surface area contributed by atoms with E-state index in [9.17, 15) is 0 Å². The molecule has 1 heterocycles. The molecule has 1 aliphatic heterocycles. The third-order valence-electron chi connectivity index (χ3n) is 5.18. The summed E-state index contributed by atoms with van der Waals surface area (Å²) in [7, 11) is 0. The molecule has 1 fully saturated rings. The molecule has 148 valence electrons. The normalized spacial score (nSPS) is 14.5. The highest BCUT2D eigenvalue weighted by Crippen LogP contribution is 2.23. The van der Waals surface area contributed by atoms with E-state index in [4.69, 9.17) is 16.3 Å². The van der Waals surface area contributed by atoms with Crippen molar-refractivity contribution >= 4 is 23.0 Å². The number of halogens is 1. The van der Waals surface area contributed by atoms with Crippen LogP contribution in [-0.2, 0) is 11.2 Å². The molecule has 0 aliphatic carbocycles. The number of hydrogen-bond donors (Lipinski definition) is 2. The van der Waals surface area contributed by atoms with Crippen molar-refractivity contribution < 1.29 is 4.74 Å². The number of hydrogen-bond acceptors (Lipinski definition) is 3. The molecular weight excluding hydrogens is 368 g/mol. The Hall–Kier alpha value is -2.23. The van der Waals surface area contributed by atoms with Crippen LogP contribution in [0.2, 0.25) is 5.02 Å². The molecule has 4 heteroatoms. The number of aryl methyl sites for hydroxylation is 1. The fraction of sp³-hybridized carbons (Fsp3) is 0.333. The van der Waals surface area contributed by atoms with Crippen molar-refractivity contribution in [3.63, 3.8) is 0 Å². The largest absolute Gasteiger partial charge is 0.385 e. The second kappa shape index (κ2) is 9.81. The summed E-state index contributed by atoms with van der Waals surface area (Å²) in [5.41, 5.74) is 6.31. The van der Waals surface area contributed by atoms with Crippen LogP contribution in [0.15, 0.2) is 61.3 Å². The van der Waals surface area contributed by atoms with Gasteiger partial charge in [-0.25, -0.2) is 0 Å². The lowest BCUT2D eigenvalue weighted by molar-refractivity contribution is 0.0674. The molecule has 0 spiro atoms. The summed E-state index contributed by atoms with van der Waals surface area (Å²) in [6.45, 7) is 13.2. The van der Waals surface area contributed by atoms with Gasteiger partial charge in [-0.3, -0.25) is 0 Å². The van der Waals surface area contributed by atoms with Crippen molar-refractivity contribution in [1.82, 2.24) is 5.32 Å². The third kappa shape index (κ3) is 5.63. The summed E-state index contributed by atoms with van der Waals surface area (Å²) in [5, 5.41) is 7.66. The van der Waals surface area contributed by atoms with E-state index < -0.39 is 0 Å². The Morgan fingerprint density at radius 2 is 1.89 bits per heavy atom. The van der Waals surface area contributed by atoms with Gasteiger partial charge in [0.2, 0.25) is 0 Å². The third-order valence-corrected chi connectivity index (χ3v) is 5.55. The van der Waals surface area contributed by atoms with Gasteiger partial charge in [-0.2, -0.15) is 0 Å². The number of nitrogens with one attached hydrogen (secondary N) is 2. The van der Waals surface area contributed by atoms with Gasteiger partial charge in [0.15, 0.2) is 0 Å². The minimum atomic E-state index is 0.667. The summed E-state index contributed by atoms with van der Waals surface area (Å²) in [4.78, 5) is 0. The first-order valence-electron chi connectivity index (χ1n) is 9.82. The summed E-state index contributed by atoms with van der Waals surface area (Å²) < 4.78 is 5.43. The zero-order chi connectivity index (χ0) is 19.9. The van der Waals surface area contributed by atoms with Gasteiger partial charge < -0.3 is 15.4 Å². The molecule has 2 N–H and O–H groups in total. The van der Waals surface area contributed by atoms with Crippen LogP contribution >= 0.6 is 11.6 Å². The fourth-order valence-corrected chi connectivity index (χ4v) is 3.72. The molecular formula is C24H29ClN2O. The van der Waals surface area contributed by atoms with Crippen LogP contribution in [0.3, 0.4) is 0 Å². The standard InChI is InChI=1S/C24H29ClN2O/c1-17-14-22(27-18(2)15-21-6-4-5-7-24(21)25)8-9-23(17)19(3)26-16-20-10-12-28-13-11-20/h4-9,14,20,26-27H,2-3,10-13,15-16H2,1H3. The zero-order valence-electron chi connectivity index (χ0n) is 16.6. The molecule has 2 aromatic rings. The van der Waals surface area contributed by atoms with E-state index in [0.717, 1.165) is 65.8 Å². The monoisotopic (exact) mass is 396 g/mol. The molecule has 3 nitrogen and oxygen atoms in total. The molecule has 0 unspecified atom stereocenters. The fourth-order valence-electron chi connectivity index (χ4n) is 3.51. The number of benzene rings is 2. The lowest BCUT2D eigenvalue weighted by atomic mass is 9.99. The first-order valence-corrected chi connectivity index (χ1v) is 10.2. The van der Waals surface area contributed by atoms with E-state index in [0.29, 0.717) is 12.3 Å². The van der Waals surface area contributed by atoms with Crippen molar-refractivity contribution in [1.29, 1.82) is 0 Å². The smallest absolute Gasteiger partial charge is 0.0469 e. The minimum absolute atomic E-state index is 0.667. The van der Waals surface area contributed by atoms with Crippen LogP contribution in [-0.4, -0.2) is 19.8 Å². The maximum Gasteiger partial charge on any atom is 0.0469 e. The quantitative estimate of drug-likeness (QED) is 0.591. The Kier molecular flexibility index (Phi) is 7.18. The predicted octanol–water partition coefficient (Wildman–Crippen LogP) is 5.80. The Labute approximate surface area is 173 Å². The molecule has 0 aromatic heterocycles. The van der Waals surface area contributed by atoms with Gasteiger partial charge in [0, 0.05) is 53.8 Å². The highest BCUT2D eigenvalue weighted by atomic mass is 35.5. The van der Waals surface area contributed by atoms with Gasteiger partial charge in [0.25, 0.3) is 0 Å². The summed E-state index contributed by atoms with van der Waals surface area (Å²) in [6.07, 6.45) is 2.94. The second-order valence-corrected chi connectivity index (χ2v) is 7.85. The average Bonchev–Trinajstić information content (AvgIpc) is 2.69. The van der Waals surface area contributed by atoms with Gasteiger partial charge in [0.05, 0.1) is 0 Å². The van der Waals surface area contributed by atoms with Crippen LogP contribution in [0.5, 0.6) is 0 Å². The van der Waals surface area contributed by atoms with Gasteiger partial charge in [0.1, 0.15) is 0 Å². The van der Waals surface area contributed by atoms with Gasteiger partial charge in [-0.15, -0.1) is 0 Å². The van der Waals surface area contributed by atoms with Crippen molar-refractivity contribution in [2.24, 2.45) is 5.92 Å². The van der Waals surface area contributed by atoms with Crippen LogP contribution in [0.25, 0.3) is 5.70 Å². The van der Waals surface area contributed by atoms with Gasteiger partial charge in [-0.05, 0) is 55.0 Å². The van der Waals surface area contributed by atoms with Crippen LogP contribution in [0.1, 0.15) is 29.5 Å². The topological polar surface area (TPSA) is 33.3 Å². The first kappa shape index (κ1) is 20.5. The van der Waals surface area contributed by atoms with Crippen LogP contribution in [0, 0.1) is 12.8 Å². The van der Waals surface area contributed by atoms with Gasteiger partial charge >= 0.3 is 0 Å². The zero-order valence-corrected chi connectivity index (χ0v) is 17.3. The SMILES string of the molecule is C=C(Cc1ccccc1Cl)Nc1ccc(C(=C)NCC2CCOCC2)c(C)c1. The molecule has 1 aliphatic rings. The molecule has 0 amide bonds. The average molecular weight is 397 g/mol. The second-order valence-electron chi connectivity index (χ2n) is 7.44. The molecule has 0 atom stereocenters. The highest BCUT2D eigenvalue weighted by Gasteiger charge is 2.14. The summed E-state index contributed by atoms with van der Waals surface area (Å²) in [6, 6.07) is 14.2. The van der Waals surface area contributed by atoms with Gasteiger partial charge in [-0.1, -0.05) is 49.0 Å². The number of ether oxygens (including phenoxy) is 1.